The zero-order chi connectivity index (χ0) is 33.2. The number of hydrogen-bond acceptors (Lipinski definition) is 6. The second-order valence-corrected chi connectivity index (χ2v) is 14.4. The number of likely N-dealkylation sites (N-methyl/N-ethyl adjacent to an activating group) is 1. The number of amides is 2. The largest absolute Gasteiger partial charge is 0.488 e. The first-order chi connectivity index (χ1) is 21.9. The lowest BCUT2D eigenvalue weighted by Crippen LogP contribution is -2.48. The van der Waals surface area contributed by atoms with E-state index in [1.807, 2.05) is 55.9 Å². The standard InChI is InChI=1S/C35H42N4O6S/c1-23-10-13-29(14-11-23)46(43,44)38(5)21-33-24(2)19-39(25(3)22-40)35(42)18-26-16-28(12-15-32(26)45-33)36-34(41)17-27-20-37(4)31-9-7-6-8-30(27)31/h6-16,20,24-25,33,40H,17-19,21-22H2,1-5H3,(H,36,41)/t24-,25+,33+/m0/s1. The zero-order valence-electron chi connectivity index (χ0n) is 26.9. The Labute approximate surface area is 270 Å². The second kappa shape index (κ2) is 13.7. The lowest BCUT2D eigenvalue weighted by Gasteiger charge is -2.33. The Hall–Kier alpha value is -4.19. The number of sulfonamides is 1. The number of aliphatic hydroxyl groups excluding tert-OH is 1. The van der Waals surface area contributed by atoms with E-state index in [0.29, 0.717) is 17.0 Å². The van der Waals surface area contributed by atoms with Crippen LogP contribution in [-0.2, 0) is 39.5 Å². The molecule has 1 aliphatic rings. The van der Waals surface area contributed by atoms with Crippen molar-refractivity contribution in [3.8, 4) is 5.75 Å². The highest BCUT2D eigenvalue weighted by molar-refractivity contribution is 7.89. The van der Waals surface area contributed by atoms with Crippen LogP contribution in [0.4, 0.5) is 5.69 Å². The molecule has 1 aromatic heterocycles. The lowest BCUT2D eigenvalue weighted by molar-refractivity contribution is -0.134. The highest BCUT2D eigenvalue weighted by atomic mass is 32.2. The number of aryl methyl sites for hydroxylation is 2. The van der Waals surface area contributed by atoms with E-state index in [1.54, 1.807) is 54.3 Å². The first kappa shape index (κ1) is 33.2. The number of nitrogens with zero attached hydrogens (tertiary/aromatic N) is 3. The minimum absolute atomic E-state index is 0.0103. The van der Waals surface area contributed by atoms with Crippen molar-refractivity contribution in [2.45, 2.75) is 50.7 Å². The van der Waals surface area contributed by atoms with Crippen LogP contribution < -0.4 is 10.1 Å². The van der Waals surface area contributed by atoms with Gasteiger partial charge in [0.15, 0.2) is 0 Å². The van der Waals surface area contributed by atoms with Crippen LogP contribution >= 0.6 is 0 Å². The number of carbonyl (C=O) groups excluding carboxylic acids is 2. The van der Waals surface area contributed by atoms with Gasteiger partial charge >= 0.3 is 0 Å². The third-order valence-electron chi connectivity index (χ3n) is 8.70. The first-order valence-electron chi connectivity index (χ1n) is 15.4. The van der Waals surface area contributed by atoms with Gasteiger partial charge in [-0.15, -0.1) is 0 Å². The molecule has 244 valence electrons. The summed E-state index contributed by atoms with van der Waals surface area (Å²) in [5.41, 5.74) is 3.99. The summed E-state index contributed by atoms with van der Waals surface area (Å²) in [7, 11) is -0.338. The molecule has 0 radical (unpaired) electrons. The van der Waals surface area contributed by atoms with Gasteiger partial charge in [-0.05, 0) is 55.8 Å². The average Bonchev–Trinajstić information content (AvgIpc) is 3.35. The summed E-state index contributed by atoms with van der Waals surface area (Å²) in [4.78, 5) is 28.6. The maximum absolute atomic E-state index is 13.6. The summed E-state index contributed by atoms with van der Waals surface area (Å²) in [5, 5.41) is 13.9. The molecule has 46 heavy (non-hydrogen) atoms. The van der Waals surface area contributed by atoms with Gasteiger partial charge in [-0.2, -0.15) is 4.31 Å². The van der Waals surface area contributed by atoms with Crippen LogP contribution in [0.25, 0.3) is 10.9 Å². The number of anilines is 1. The maximum Gasteiger partial charge on any atom is 0.242 e. The van der Waals surface area contributed by atoms with Crippen molar-refractivity contribution in [3.05, 3.63) is 89.6 Å². The van der Waals surface area contributed by atoms with Crippen molar-refractivity contribution in [2.75, 3.05) is 32.1 Å². The number of benzene rings is 3. The van der Waals surface area contributed by atoms with Crippen LogP contribution in [0.1, 0.15) is 30.5 Å². The van der Waals surface area contributed by atoms with E-state index in [-0.39, 0.29) is 55.2 Å². The van der Waals surface area contributed by atoms with E-state index < -0.39 is 22.2 Å². The molecule has 0 spiro atoms. The molecule has 0 bridgehead atoms. The van der Waals surface area contributed by atoms with Crippen molar-refractivity contribution in [1.82, 2.24) is 13.8 Å². The summed E-state index contributed by atoms with van der Waals surface area (Å²) in [6.07, 6.45) is 1.51. The number of fused-ring (bicyclic) bond motifs is 2. The van der Waals surface area contributed by atoms with Gasteiger partial charge in [0.25, 0.3) is 0 Å². The molecule has 5 rings (SSSR count). The number of ether oxygens (including phenoxy) is 1. The van der Waals surface area contributed by atoms with Crippen molar-refractivity contribution < 1.29 is 27.9 Å². The molecule has 0 aliphatic carbocycles. The summed E-state index contributed by atoms with van der Waals surface area (Å²) >= 11 is 0. The molecule has 2 heterocycles. The van der Waals surface area contributed by atoms with Crippen LogP contribution in [-0.4, -0.2) is 78.0 Å². The summed E-state index contributed by atoms with van der Waals surface area (Å²) in [5.74, 6) is -0.230. The minimum atomic E-state index is -3.81. The van der Waals surface area contributed by atoms with Gasteiger partial charge in [-0.25, -0.2) is 8.42 Å². The van der Waals surface area contributed by atoms with Gasteiger partial charge in [0.2, 0.25) is 21.8 Å². The molecule has 0 unspecified atom stereocenters. The van der Waals surface area contributed by atoms with Gasteiger partial charge in [-0.3, -0.25) is 9.59 Å². The number of carbonyl (C=O) groups is 2. The highest BCUT2D eigenvalue weighted by Crippen LogP contribution is 2.30. The van der Waals surface area contributed by atoms with Crippen LogP contribution in [0.2, 0.25) is 0 Å². The predicted octanol–water partition coefficient (Wildman–Crippen LogP) is 4.14. The van der Waals surface area contributed by atoms with Crippen LogP contribution in [0, 0.1) is 12.8 Å². The zero-order valence-corrected chi connectivity index (χ0v) is 27.8. The quantitative estimate of drug-likeness (QED) is 0.282. The lowest BCUT2D eigenvalue weighted by atomic mass is 10.0. The summed E-state index contributed by atoms with van der Waals surface area (Å²) in [6, 6.07) is 19.3. The Morgan fingerprint density at radius 2 is 1.85 bits per heavy atom. The van der Waals surface area contributed by atoms with Gasteiger partial charge in [0.1, 0.15) is 11.9 Å². The van der Waals surface area contributed by atoms with Crippen molar-refractivity contribution >= 4 is 38.4 Å². The molecule has 1 aliphatic heterocycles. The molecule has 3 atom stereocenters. The van der Waals surface area contributed by atoms with Crippen LogP contribution in [0.3, 0.4) is 0 Å². The Kier molecular flexibility index (Phi) is 9.85. The monoisotopic (exact) mass is 646 g/mol. The predicted molar refractivity (Wildman–Crippen MR) is 178 cm³/mol. The smallest absolute Gasteiger partial charge is 0.242 e. The van der Waals surface area contributed by atoms with Crippen molar-refractivity contribution in [2.24, 2.45) is 13.0 Å². The van der Waals surface area contributed by atoms with Gasteiger partial charge < -0.3 is 24.6 Å². The fourth-order valence-electron chi connectivity index (χ4n) is 5.91. The third kappa shape index (κ3) is 7.11. The average molecular weight is 647 g/mol. The van der Waals surface area contributed by atoms with Crippen molar-refractivity contribution in [1.29, 1.82) is 0 Å². The van der Waals surface area contributed by atoms with E-state index in [1.165, 1.54) is 11.4 Å². The molecule has 2 amide bonds. The number of hydrogen-bond donors (Lipinski definition) is 2. The topological polar surface area (TPSA) is 121 Å². The minimum Gasteiger partial charge on any atom is -0.488 e. The third-order valence-corrected chi connectivity index (χ3v) is 10.5. The summed E-state index contributed by atoms with van der Waals surface area (Å²) < 4.78 is 36.7. The Bertz CT molecular complexity index is 1840. The SMILES string of the molecule is Cc1ccc(S(=O)(=O)N(C)C[C@H]2Oc3ccc(NC(=O)Cc4cn(C)c5ccccc45)cc3CC(=O)N([C@H](C)CO)C[C@@H]2C)cc1. The molecule has 4 aromatic rings. The molecular formula is C35H42N4O6S. The number of aliphatic hydroxyl groups is 1. The molecule has 0 saturated heterocycles. The van der Waals surface area contributed by atoms with E-state index >= 15 is 0 Å². The summed E-state index contributed by atoms with van der Waals surface area (Å²) in [6.45, 7) is 5.67. The van der Waals surface area contributed by atoms with E-state index in [9.17, 15) is 23.1 Å². The fraction of sp³-hybridized carbons (Fsp3) is 0.371. The molecular weight excluding hydrogens is 604 g/mol. The Morgan fingerprint density at radius 1 is 1.13 bits per heavy atom. The van der Waals surface area contributed by atoms with Gasteiger partial charge in [0.05, 0.1) is 36.9 Å². The second-order valence-electron chi connectivity index (χ2n) is 12.3. The van der Waals surface area contributed by atoms with E-state index in [4.69, 9.17) is 4.74 Å². The normalized spacial score (nSPS) is 18.0. The first-order valence-corrected chi connectivity index (χ1v) is 16.9. The molecule has 0 saturated carbocycles. The maximum atomic E-state index is 13.6. The Balaban J connectivity index is 1.41. The number of nitrogens with one attached hydrogen (secondary N) is 1. The number of aromatic nitrogens is 1. The molecule has 0 fully saturated rings. The van der Waals surface area contributed by atoms with Crippen LogP contribution in [0.15, 0.2) is 77.8 Å². The molecule has 2 N–H and O–H groups in total. The number of para-hydroxylation sites is 1. The van der Waals surface area contributed by atoms with Crippen LogP contribution in [0.5, 0.6) is 5.75 Å². The van der Waals surface area contributed by atoms with Gasteiger partial charge in [-0.1, -0.05) is 42.8 Å². The molecule has 10 nitrogen and oxygen atoms in total. The molecule has 11 heteroatoms. The van der Waals surface area contributed by atoms with E-state index in [2.05, 4.69) is 5.32 Å². The highest BCUT2D eigenvalue weighted by Gasteiger charge is 2.33. The Morgan fingerprint density at radius 3 is 2.57 bits per heavy atom. The van der Waals surface area contributed by atoms with Gasteiger partial charge in [0, 0.05) is 54.9 Å². The van der Waals surface area contributed by atoms with E-state index in [0.717, 1.165) is 22.0 Å². The number of rotatable bonds is 9. The fourth-order valence-corrected chi connectivity index (χ4v) is 7.09. The molecule has 3 aromatic carbocycles. The van der Waals surface area contributed by atoms with Crippen molar-refractivity contribution in [3.63, 3.8) is 0 Å².